The Morgan fingerprint density at radius 3 is 1.23 bits per heavy atom. The average Bonchev–Trinajstić information content (AvgIpc) is 4.28. The summed E-state index contributed by atoms with van der Waals surface area (Å²) >= 11 is 0. The largest absolute Gasteiger partial charge is 0.388 e. The molecule has 8 fully saturated rings. The van der Waals surface area contributed by atoms with E-state index < -0.39 is 87.8 Å². The summed E-state index contributed by atoms with van der Waals surface area (Å²) in [4.78, 5) is 91.1. The summed E-state index contributed by atoms with van der Waals surface area (Å²) in [5.74, 6) is 0.0325. The third-order valence-corrected chi connectivity index (χ3v) is 12.8. The van der Waals surface area contributed by atoms with Crippen molar-refractivity contribution in [3.05, 3.63) is 40.5 Å². The van der Waals surface area contributed by atoms with Gasteiger partial charge in [0, 0.05) is 38.4 Å². The molecule has 35 heteroatoms. The van der Waals surface area contributed by atoms with Crippen molar-refractivity contribution in [1.29, 1.82) is 0 Å². The van der Waals surface area contributed by atoms with E-state index in [-0.39, 0.29) is 81.3 Å². The van der Waals surface area contributed by atoms with Crippen molar-refractivity contribution in [2.45, 2.75) is 144 Å². The molecule has 0 bridgehead atoms. The molecule has 0 saturated carbocycles. The molecular formula is C42H74N10O25. The second kappa shape index (κ2) is 33.9. The standard InChI is InChI=1S/C12H21N3O6.C11H19N3O7.C7H11NO5.C6H14N2O.C6H9NO6/c1-2-10(16)14-5-3-4-13-8-6-19-12-9(21-15(17)18)7-20-11(8)12;15-4-9(16)13-3-1-2-12-7-5-19-11-8(21-14(17)18)6-20-10(7)11;1-4-2-11-7-5(13-8(9)10)3-12-6(4)7;1-2-6(9)8-5-3-4-7;8-3-1-11-6-4(13-7(9)10)2-12-5(3)6/h8-9,11-13H,2-7H2,1H3,(H,14,16);7-8,10-12,15H,1-6H2,(H,13,16);4-7H,2-3H2,1H3;2-5,7H2,1H3,(H,8,9);3-6,8H,1-2H2/t8-,9+,11-,12-;7-,8+,10-,11-;4-,5-,6+,7+;;3-,4-,5+,6+/m110.0/s1. The van der Waals surface area contributed by atoms with Gasteiger partial charge in [-0.15, -0.1) is 40.5 Å². The Kier molecular flexibility index (Phi) is 28.2. The van der Waals surface area contributed by atoms with Crippen molar-refractivity contribution in [3.8, 4) is 0 Å². The number of amides is 3. The van der Waals surface area contributed by atoms with Crippen LogP contribution in [0.15, 0.2) is 0 Å². The van der Waals surface area contributed by atoms with Gasteiger partial charge in [0.1, 0.15) is 55.4 Å². The maximum absolute atomic E-state index is 11.1. The van der Waals surface area contributed by atoms with E-state index >= 15 is 0 Å². The average molecular weight is 1120 g/mol. The van der Waals surface area contributed by atoms with Crippen molar-refractivity contribution in [3.63, 3.8) is 0 Å². The number of hydrogen-bond acceptors (Lipinski definition) is 28. The zero-order valence-corrected chi connectivity index (χ0v) is 43.0. The zero-order chi connectivity index (χ0) is 56.4. The second-order valence-corrected chi connectivity index (χ2v) is 18.3. The van der Waals surface area contributed by atoms with Crippen LogP contribution in [-0.2, 0) is 71.6 Å². The van der Waals surface area contributed by atoms with Gasteiger partial charge in [0.15, 0.2) is 24.4 Å². The SMILES string of the molecule is CCC(=O)NCCCN.CCC(=O)NCCCN[C@@H]1CO[C@H]2[C@@H]1OC[C@@H]2O[N+](=O)[O-].C[C@H]1CO[C@H]2[C@@H]1OC[C@@H]2O[N+](=O)[O-].O=C(CO)NCCCN[C@@H]1CO[C@H]2[C@@H]1OC[C@@H]2O[N+](=O)[O-].O=[N+]([O-])O[C@H]1CO[C@H]2[C@@H]1OC[C@@H]2O. The number of rotatable bonds is 24. The first kappa shape index (κ1) is 64.2. The Morgan fingerprint density at radius 1 is 0.494 bits per heavy atom. The van der Waals surface area contributed by atoms with Crippen molar-refractivity contribution >= 4 is 17.7 Å². The molecule has 0 unspecified atom stereocenters. The quantitative estimate of drug-likeness (QED) is 0.0257. The fraction of sp³-hybridized carbons (Fsp3) is 0.929. The summed E-state index contributed by atoms with van der Waals surface area (Å²) in [5.41, 5.74) is 5.20. The second-order valence-electron chi connectivity index (χ2n) is 18.3. The Labute approximate surface area is 441 Å². The molecule has 8 rings (SSSR count). The van der Waals surface area contributed by atoms with Crippen LogP contribution in [0, 0.1) is 46.4 Å². The van der Waals surface area contributed by atoms with Crippen LogP contribution in [0.1, 0.15) is 52.9 Å². The van der Waals surface area contributed by atoms with Crippen LogP contribution >= 0.6 is 0 Å². The number of carbonyl (C=O) groups is 3. The van der Waals surface area contributed by atoms with Gasteiger partial charge in [-0.2, -0.15) is 0 Å². The molecule has 8 aliphatic heterocycles. The minimum atomic E-state index is -0.871. The van der Waals surface area contributed by atoms with Gasteiger partial charge in [-0.25, -0.2) is 0 Å². The van der Waals surface area contributed by atoms with Gasteiger partial charge in [-0.05, 0) is 38.9 Å². The number of fused-ring (bicyclic) bond motifs is 4. The Hall–Kier alpha value is -5.31. The van der Waals surface area contributed by atoms with Gasteiger partial charge >= 0.3 is 0 Å². The normalized spacial score (nSPS) is 32.5. The third kappa shape index (κ3) is 21.1. The first-order valence-electron chi connectivity index (χ1n) is 25.3. The lowest BCUT2D eigenvalue weighted by Gasteiger charge is -2.17. The van der Waals surface area contributed by atoms with E-state index in [0.717, 1.165) is 12.8 Å². The van der Waals surface area contributed by atoms with Crippen LogP contribution in [-0.4, -0.2) is 238 Å². The molecule has 35 nitrogen and oxygen atoms in total. The lowest BCUT2D eigenvalue weighted by molar-refractivity contribution is -0.769. The predicted molar refractivity (Wildman–Crippen MR) is 254 cm³/mol. The molecule has 0 aromatic rings. The number of ether oxygens (including phenoxy) is 8. The molecule has 16 atom stereocenters. The van der Waals surface area contributed by atoms with Crippen molar-refractivity contribution in [2.24, 2.45) is 11.7 Å². The first-order chi connectivity index (χ1) is 36.9. The van der Waals surface area contributed by atoms with Crippen LogP contribution in [0.25, 0.3) is 0 Å². The molecule has 77 heavy (non-hydrogen) atoms. The Balaban J connectivity index is 0.000000215. The van der Waals surface area contributed by atoms with Gasteiger partial charge in [0.05, 0.1) is 71.0 Å². The number of carbonyl (C=O) groups excluding carboxylic acids is 3. The van der Waals surface area contributed by atoms with Crippen molar-refractivity contribution < 1.29 is 102 Å². The monoisotopic (exact) mass is 1120 g/mol. The van der Waals surface area contributed by atoms with Crippen molar-refractivity contribution in [1.82, 2.24) is 26.6 Å². The number of nitrogens with two attached hydrogens (primary N) is 1. The number of nitrogens with zero attached hydrogens (tertiary/aromatic N) is 4. The molecule has 0 spiro atoms. The highest BCUT2D eigenvalue weighted by Gasteiger charge is 2.52. The maximum Gasteiger partial charge on any atom is 0.294 e. The number of hydrogen-bond donors (Lipinski definition) is 8. The van der Waals surface area contributed by atoms with Crippen LogP contribution in [0.3, 0.4) is 0 Å². The third-order valence-electron chi connectivity index (χ3n) is 12.8. The summed E-state index contributed by atoms with van der Waals surface area (Å²) in [5, 5.41) is 69.9. The van der Waals surface area contributed by atoms with Crippen LogP contribution in [0.2, 0.25) is 0 Å². The van der Waals surface area contributed by atoms with Gasteiger partial charge in [0.25, 0.3) is 20.3 Å². The van der Waals surface area contributed by atoms with E-state index in [1.807, 2.05) is 20.8 Å². The molecule has 8 saturated heterocycles. The van der Waals surface area contributed by atoms with E-state index in [4.69, 9.17) is 48.7 Å². The lowest BCUT2D eigenvalue weighted by atomic mass is 10.0. The molecule has 442 valence electrons. The fourth-order valence-electron chi connectivity index (χ4n) is 9.02. The smallest absolute Gasteiger partial charge is 0.294 e. The van der Waals surface area contributed by atoms with Gasteiger partial charge in [-0.1, -0.05) is 20.8 Å². The zero-order valence-electron chi connectivity index (χ0n) is 43.0. The summed E-state index contributed by atoms with van der Waals surface area (Å²) in [6.45, 7) is 11.1. The van der Waals surface area contributed by atoms with Crippen LogP contribution in [0.5, 0.6) is 0 Å². The van der Waals surface area contributed by atoms with Crippen LogP contribution < -0.4 is 32.3 Å². The lowest BCUT2D eigenvalue weighted by Crippen LogP contribution is -2.42. The molecule has 0 aliphatic carbocycles. The molecule has 0 aromatic heterocycles. The molecular weight excluding hydrogens is 1040 g/mol. The summed E-state index contributed by atoms with van der Waals surface area (Å²) in [6.07, 6.45) is -2.50. The number of aliphatic hydroxyl groups is 2. The van der Waals surface area contributed by atoms with E-state index in [1.54, 1.807) is 0 Å². The Morgan fingerprint density at radius 2 is 0.831 bits per heavy atom. The van der Waals surface area contributed by atoms with Crippen molar-refractivity contribution in [2.75, 3.05) is 98.7 Å². The molecule has 0 aromatic carbocycles. The molecule has 8 heterocycles. The summed E-state index contributed by atoms with van der Waals surface area (Å²) < 4.78 is 42.9. The van der Waals surface area contributed by atoms with Crippen LogP contribution in [0.4, 0.5) is 0 Å². The highest BCUT2D eigenvalue weighted by molar-refractivity contribution is 5.76. The summed E-state index contributed by atoms with van der Waals surface area (Å²) in [7, 11) is 0. The van der Waals surface area contributed by atoms with E-state index in [9.17, 15) is 59.9 Å². The molecule has 8 aliphatic rings. The molecule has 0 radical (unpaired) electrons. The predicted octanol–water partition coefficient (Wildman–Crippen LogP) is -4.37. The minimum absolute atomic E-state index is 0.00256. The van der Waals surface area contributed by atoms with E-state index in [0.29, 0.717) is 84.3 Å². The van der Waals surface area contributed by atoms with Gasteiger partial charge < -0.3 is 99.8 Å². The maximum atomic E-state index is 11.1. The van der Waals surface area contributed by atoms with Gasteiger partial charge in [0.2, 0.25) is 17.7 Å². The molecule has 9 N–H and O–H groups in total. The number of aliphatic hydroxyl groups excluding tert-OH is 2. The van der Waals surface area contributed by atoms with Gasteiger partial charge in [-0.3, -0.25) is 14.4 Å². The molecule has 3 amide bonds. The highest BCUT2D eigenvalue weighted by atomic mass is 17.0. The van der Waals surface area contributed by atoms with E-state index in [2.05, 4.69) is 45.9 Å². The topological polar surface area (TPSA) is 461 Å². The highest BCUT2D eigenvalue weighted by Crippen LogP contribution is 2.33. The minimum Gasteiger partial charge on any atom is -0.388 e. The summed E-state index contributed by atoms with van der Waals surface area (Å²) in [6, 6.07) is -0.0545. The Bertz CT molecular complexity index is 1740. The van der Waals surface area contributed by atoms with E-state index in [1.165, 1.54) is 0 Å². The fourth-order valence-corrected chi connectivity index (χ4v) is 9.02. The number of nitrogens with one attached hydrogen (secondary N) is 5. The first-order valence-corrected chi connectivity index (χ1v) is 25.3.